The van der Waals surface area contributed by atoms with E-state index in [2.05, 4.69) is 10.2 Å². The van der Waals surface area contributed by atoms with Crippen LogP contribution >= 0.6 is 0 Å². The maximum atomic E-state index is 12.6. The van der Waals surface area contributed by atoms with E-state index in [0.29, 0.717) is 0 Å². The third-order valence-corrected chi connectivity index (χ3v) is 5.78. The Balaban J connectivity index is 1.90. The Morgan fingerprint density at radius 3 is 2.26 bits per heavy atom. The molecule has 1 aliphatic rings. The van der Waals surface area contributed by atoms with Gasteiger partial charge in [0.15, 0.2) is 0 Å². The molecule has 1 saturated heterocycles. The van der Waals surface area contributed by atoms with Crippen molar-refractivity contribution in [1.82, 2.24) is 9.88 Å². The lowest BCUT2D eigenvalue weighted by Crippen LogP contribution is -2.43. The molecule has 0 spiro atoms. The number of anilines is 1. The van der Waals surface area contributed by atoms with Gasteiger partial charge in [-0.1, -0.05) is 0 Å². The molecule has 2 heterocycles. The molecule has 0 amide bonds. The highest BCUT2D eigenvalue weighted by molar-refractivity contribution is 7.91. The minimum atomic E-state index is -3.67. The number of rotatable bonds is 3. The molecule has 1 fully saturated rings. The Morgan fingerprint density at radius 1 is 1.00 bits per heavy atom. The van der Waals surface area contributed by atoms with Crippen LogP contribution in [0, 0.1) is 0 Å². The van der Waals surface area contributed by atoms with Gasteiger partial charge in [-0.15, -0.1) is 0 Å². The van der Waals surface area contributed by atoms with E-state index < -0.39 is 9.84 Å². The zero-order valence-electron chi connectivity index (χ0n) is 12.9. The number of benzene rings is 1. The van der Waals surface area contributed by atoms with Gasteiger partial charge in [-0.25, -0.2) is 8.42 Å². The standard InChI is InChI=1S/C16H19N3O3S/c1-18-9-6-15(12-16(18)20)23(21,22)14-4-2-13(3-5-14)19-10-7-17-8-11-19/h2-6,9,12,17H,7-8,10-11H2,1H3. The molecule has 0 unspecified atom stereocenters. The molecular weight excluding hydrogens is 314 g/mol. The van der Waals surface area contributed by atoms with Gasteiger partial charge < -0.3 is 14.8 Å². The van der Waals surface area contributed by atoms with Gasteiger partial charge in [0, 0.05) is 51.2 Å². The zero-order valence-corrected chi connectivity index (χ0v) is 13.7. The van der Waals surface area contributed by atoms with E-state index >= 15 is 0 Å². The van der Waals surface area contributed by atoms with Crippen molar-refractivity contribution in [3.8, 4) is 0 Å². The van der Waals surface area contributed by atoms with Crippen LogP contribution in [0.4, 0.5) is 5.69 Å². The van der Waals surface area contributed by atoms with Crippen molar-refractivity contribution in [3.63, 3.8) is 0 Å². The van der Waals surface area contributed by atoms with Crippen LogP contribution < -0.4 is 15.8 Å². The van der Waals surface area contributed by atoms with E-state index in [0.717, 1.165) is 37.9 Å². The Bertz CT molecular complexity index is 851. The lowest BCUT2D eigenvalue weighted by molar-refractivity contribution is 0.588. The summed E-state index contributed by atoms with van der Waals surface area (Å²) in [6, 6.07) is 9.44. The Hall–Kier alpha value is -2.12. The number of sulfone groups is 1. The highest BCUT2D eigenvalue weighted by Gasteiger charge is 2.19. The first-order valence-corrected chi connectivity index (χ1v) is 8.94. The molecule has 0 saturated carbocycles. The third kappa shape index (κ3) is 3.16. The number of aromatic nitrogens is 1. The minimum absolute atomic E-state index is 0.0236. The third-order valence-electron chi connectivity index (χ3n) is 4.02. The normalized spacial score (nSPS) is 15.6. The van der Waals surface area contributed by atoms with E-state index in [4.69, 9.17) is 0 Å². The predicted octanol–water partition coefficient (Wildman–Crippen LogP) is 0.628. The molecule has 0 bridgehead atoms. The van der Waals surface area contributed by atoms with Crippen molar-refractivity contribution < 1.29 is 8.42 Å². The van der Waals surface area contributed by atoms with Crippen LogP contribution in [0.5, 0.6) is 0 Å². The molecule has 6 nitrogen and oxygen atoms in total. The second-order valence-corrected chi connectivity index (χ2v) is 7.50. The first-order chi connectivity index (χ1) is 11.0. The van der Waals surface area contributed by atoms with Gasteiger partial charge >= 0.3 is 0 Å². The summed E-state index contributed by atoms with van der Waals surface area (Å²) < 4.78 is 26.6. The SMILES string of the molecule is Cn1ccc(S(=O)(=O)c2ccc(N3CCNCC3)cc2)cc1=O. The van der Waals surface area contributed by atoms with Crippen LogP contribution in [0.25, 0.3) is 0 Å². The van der Waals surface area contributed by atoms with Crippen molar-refractivity contribution >= 4 is 15.5 Å². The number of hydrogen-bond donors (Lipinski definition) is 1. The molecule has 7 heteroatoms. The Kier molecular flexibility index (Phi) is 4.23. The predicted molar refractivity (Wildman–Crippen MR) is 88.7 cm³/mol. The summed E-state index contributed by atoms with van der Waals surface area (Å²) in [6.45, 7) is 3.66. The fourth-order valence-corrected chi connectivity index (χ4v) is 3.86. The second kappa shape index (κ2) is 6.17. The number of nitrogens with zero attached hydrogens (tertiary/aromatic N) is 2. The summed E-state index contributed by atoms with van der Waals surface area (Å²) in [6.07, 6.45) is 1.46. The van der Waals surface area contributed by atoms with E-state index in [1.165, 1.54) is 16.8 Å². The van der Waals surface area contributed by atoms with Gasteiger partial charge in [-0.3, -0.25) is 4.79 Å². The van der Waals surface area contributed by atoms with Gasteiger partial charge in [0.1, 0.15) is 0 Å². The molecule has 1 aliphatic heterocycles. The fourth-order valence-electron chi connectivity index (χ4n) is 2.59. The highest BCUT2D eigenvalue weighted by atomic mass is 32.2. The first kappa shape index (κ1) is 15.8. The van der Waals surface area contributed by atoms with Gasteiger partial charge in [0.05, 0.1) is 9.79 Å². The van der Waals surface area contributed by atoms with Gasteiger partial charge in [-0.2, -0.15) is 0 Å². The number of pyridine rings is 1. The summed E-state index contributed by atoms with van der Waals surface area (Å²) in [4.78, 5) is 14.1. The van der Waals surface area contributed by atoms with Crippen molar-refractivity contribution in [2.24, 2.45) is 7.05 Å². The average Bonchev–Trinajstić information content (AvgIpc) is 2.58. The summed E-state index contributed by atoms with van der Waals surface area (Å²) in [5.74, 6) is 0. The largest absolute Gasteiger partial charge is 0.369 e. The molecule has 2 aromatic rings. The van der Waals surface area contributed by atoms with Crippen LogP contribution in [-0.4, -0.2) is 39.2 Å². The molecular formula is C16H19N3O3S. The monoisotopic (exact) mass is 333 g/mol. The molecule has 0 radical (unpaired) electrons. The highest BCUT2D eigenvalue weighted by Crippen LogP contribution is 2.23. The van der Waals surface area contributed by atoms with Crippen molar-refractivity contribution in [2.45, 2.75) is 9.79 Å². The van der Waals surface area contributed by atoms with Crippen molar-refractivity contribution in [2.75, 3.05) is 31.1 Å². The van der Waals surface area contributed by atoms with Crippen LogP contribution in [0.2, 0.25) is 0 Å². The summed E-state index contributed by atoms with van der Waals surface area (Å²) in [5, 5.41) is 3.28. The lowest BCUT2D eigenvalue weighted by Gasteiger charge is -2.29. The van der Waals surface area contributed by atoms with Crippen LogP contribution in [0.1, 0.15) is 0 Å². The molecule has 1 aromatic carbocycles. The summed E-state index contributed by atoms with van der Waals surface area (Å²) >= 11 is 0. The molecule has 1 N–H and O–H groups in total. The topological polar surface area (TPSA) is 71.4 Å². The lowest BCUT2D eigenvalue weighted by atomic mass is 10.2. The van der Waals surface area contributed by atoms with Gasteiger partial charge in [0.25, 0.3) is 5.56 Å². The molecule has 0 aliphatic carbocycles. The Morgan fingerprint density at radius 2 is 1.65 bits per heavy atom. The van der Waals surface area contributed by atoms with Gasteiger partial charge in [-0.05, 0) is 30.3 Å². The van der Waals surface area contributed by atoms with E-state index in [9.17, 15) is 13.2 Å². The zero-order chi connectivity index (χ0) is 16.4. The van der Waals surface area contributed by atoms with Gasteiger partial charge in [0.2, 0.25) is 9.84 Å². The molecule has 23 heavy (non-hydrogen) atoms. The maximum Gasteiger partial charge on any atom is 0.251 e. The average molecular weight is 333 g/mol. The summed E-state index contributed by atoms with van der Waals surface area (Å²) in [7, 11) is -2.09. The fraction of sp³-hybridized carbons (Fsp3) is 0.312. The molecule has 0 atom stereocenters. The smallest absolute Gasteiger partial charge is 0.251 e. The van der Waals surface area contributed by atoms with Crippen LogP contribution in [0.3, 0.4) is 0 Å². The number of hydrogen-bond acceptors (Lipinski definition) is 5. The Labute approximate surface area is 135 Å². The number of piperazine rings is 1. The van der Waals surface area contributed by atoms with E-state index in [1.54, 1.807) is 19.2 Å². The minimum Gasteiger partial charge on any atom is -0.369 e. The van der Waals surface area contributed by atoms with Crippen molar-refractivity contribution in [3.05, 3.63) is 52.9 Å². The molecule has 3 rings (SSSR count). The summed E-state index contributed by atoms with van der Waals surface area (Å²) in [5.41, 5.74) is 0.665. The molecule has 122 valence electrons. The maximum absolute atomic E-state index is 12.6. The number of aryl methyl sites for hydroxylation is 1. The van der Waals surface area contributed by atoms with E-state index in [1.807, 2.05) is 12.1 Å². The van der Waals surface area contributed by atoms with Crippen LogP contribution in [-0.2, 0) is 16.9 Å². The van der Waals surface area contributed by atoms with Crippen LogP contribution in [0.15, 0.2) is 57.2 Å². The van der Waals surface area contributed by atoms with Crippen molar-refractivity contribution in [1.29, 1.82) is 0 Å². The van der Waals surface area contributed by atoms with E-state index in [-0.39, 0.29) is 15.4 Å². The number of nitrogens with one attached hydrogen (secondary N) is 1. The first-order valence-electron chi connectivity index (χ1n) is 7.46. The molecule has 1 aromatic heterocycles. The second-order valence-electron chi connectivity index (χ2n) is 5.55. The quantitative estimate of drug-likeness (QED) is 0.892.